The van der Waals surface area contributed by atoms with Crippen molar-refractivity contribution in [1.82, 2.24) is 14.7 Å². The average Bonchev–Trinajstić information content (AvgIpc) is 2.99. The van der Waals surface area contributed by atoms with Crippen LogP contribution in [-0.2, 0) is 10.5 Å². The van der Waals surface area contributed by atoms with Crippen molar-refractivity contribution in [2.45, 2.75) is 46.4 Å². The van der Waals surface area contributed by atoms with E-state index in [-0.39, 0.29) is 17.5 Å². The van der Waals surface area contributed by atoms with Gasteiger partial charge >= 0.3 is 0 Å². The van der Waals surface area contributed by atoms with Gasteiger partial charge in [-0.25, -0.2) is 4.98 Å². The number of carbonyl (C=O) groups excluding carboxylic acids is 1. The van der Waals surface area contributed by atoms with Gasteiger partial charge in [-0.2, -0.15) is 0 Å². The van der Waals surface area contributed by atoms with E-state index >= 15 is 0 Å². The monoisotopic (exact) mass is 415 g/mol. The molecule has 0 saturated carbocycles. The first kappa shape index (κ1) is 20.6. The second kappa shape index (κ2) is 8.49. The van der Waals surface area contributed by atoms with Gasteiger partial charge in [0, 0.05) is 22.9 Å². The van der Waals surface area contributed by atoms with E-state index < -0.39 is 0 Å². The molecule has 0 saturated heterocycles. The molecule has 0 aliphatic rings. The Morgan fingerprint density at radius 2 is 1.89 bits per heavy atom. The number of thioether (sulfide) groups is 1. The highest BCUT2D eigenvalue weighted by atomic mass is 32.2. The van der Waals surface area contributed by atoms with Crippen LogP contribution in [0, 0.1) is 27.7 Å². The number of nitrogens with zero attached hydrogens (tertiary/aromatic N) is 2. The molecule has 3 aromatic rings. The Morgan fingerprint density at radius 1 is 1.18 bits per heavy atom. The molecule has 1 N–H and O–H groups in total. The van der Waals surface area contributed by atoms with Gasteiger partial charge in [-0.05, 0) is 56.9 Å². The van der Waals surface area contributed by atoms with Crippen LogP contribution in [0.25, 0.3) is 4.96 Å². The van der Waals surface area contributed by atoms with E-state index in [1.54, 1.807) is 10.5 Å². The summed E-state index contributed by atoms with van der Waals surface area (Å²) in [5, 5.41) is 4.99. The summed E-state index contributed by atoms with van der Waals surface area (Å²) in [4.78, 5) is 29.8. The third-order valence-electron chi connectivity index (χ3n) is 4.84. The first-order chi connectivity index (χ1) is 13.3. The summed E-state index contributed by atoms with van der Waals surface area (Å²) in [5.41, 5.74) is 6.36. The first-order valence-electron chi connectivity index (χ1n) is 9.18. The highest BCUT2D eigenvalue weighted by molar-refractivity contribution is 7.99. The van der Waals surface area contributed by atoms with Crippen LogP contribution < -0.4 is 10.9 Å². The summed E-state index contributed by atoms with van der Waals surface area (Å²) in [6.45, 7) is 10.2. The van der Waals surface area contributed by atoms with E-state index in [2.05, 4.69) is 43.2 Å². The summed E-state index contributed by atoms with van der Waals surface area (Å²) in [5.74, 6) is 0.853. The number of fused-ring (bicyclic) bond motifs is 1. The summed E-state index contributed by atoms with van der Waals surface area (Å²) in [6, 6.07) is 5.83. The Labute approximate surface area is 173 Å². The third kappa shape index (κ3) is 4.47. The van der Waals surface area contributed by atoms with Crippen LogP contribution in [0.2, 0.25) is 0 Å². The molecular weight excluding hydrogens is 390 g/mol. The molecule has 28 heavy (non-hydrogen) atoms. The van der Waals surface area contributed by atoms with Crippen LogP contribution in [-0.4, -0.2) is 21.0 Å². The van der Waals surface area contributed by atoms with Gasteiger partial charge in [0.2, 0.25) is 5.91 Å². The van der Waals surface area contributed by atoms with Crippen LogP contribution in [0.1, 0.15) is 46.6 Å². The molecule has 0 aliphatic heterocycles. The van der Waals surface area contributed by atoms with Crippen molar-refractivity contribution in [2.75, 3.05) is 5.75 Å². The number of hydrogen-bond donors (Lipinski definition) is 1. The van der Waals surface area contributed by atoms with E-state index in [0.29, 0.717) is 22.2 Å². The molecule has 2 heterocycles. The van der Waals surface area contributed by atoms with Gasteiger partial charge in [0.05, 0.1) is 17.5 Å². The lowest BCUT2D eigenvalue weighted by atomic mass is 9.96. The topological polar surface area (TPSA) is 63.5 Å². The summed E-state index contributed by atoms with van der Waals surface area (Å²) in [7, 11) is 0. The maximum absolute atomic E-state index is 12.3. The van der Waals surface area contributed by atoms with E-state index in [9.17, 15) is 9.59 Å². The number of aromatic nitrogens is 2. The van der Waals surface area contributed by atoms with Gasteiger partial charge < -0.3 is 5.32 Å². The molecule has 1 atom stereocenters. The number of amides is 1. The summed E-state index contributed by atoms with van der Waals surface area (Å²) >= 11 is 2.92. The van der Waals surface area contributed by atoms with Crippen molar-refractivity contribution in [3.8, 4) is 0 Å². The van der Waals surface area contributed by atoms with Gasteiger partial charge in [0.1, 0.15) is 0 Å². The van der Waals surface area contributed by atoms with Crippen LogP contribution in [0.3, 0.4) is 0 Å². The van der Waals surface area contributed by atoms with Gasteiger partial charge in [-0.1, -0.05) is 12.1 Å². The number of nitrogens with one attached hydrogen (secondary N) is 1. The Kier molecular flexibility index (Phi) is 6.25. The average molecular weight is 416 g/mol. The quantitative estimate of drug-likeness (QED) is 0.658. The molecule has 7 heteroatoms. The van der Waals surface area contributed by atoms with Crippen molar-refractivity contribution in [3.05, 3.63) is 67.6 Å². The lowest BCUT2D eigenvalue weighted by Crippen LogP contribution is -2.28. The number of benzene rings is 1. The van der Waals surface area contributed by atoms with Gasteiger partial charge in [-0.3, -0.25) is 14.0 Å². The fourth-order valence-electron chi connectivity index (χ4n) is 3.23. The second-order valence-corrected chi connectivity index (χ2v) is 8.98. The molecule has 1 unspecified atom stereocenters. The van der Waals surface area contributed by atoms with Crippen LogP contribution in [0.4, 0.5) is 0 Å². The molecule has 3 rings (SSSR count). The number of hydrogen-bond acceptors (Lipinski definition) is 5. The maximum atomic E-state index is 12.3. The minimum absolute atomic E-state index is 0.0140. The van der Waals surface area contributed by atoms with E-state index in [0.717, 1.165) is 11.3 Å². The molecule has 0 aliphatic carbocycles. The third-order valence-corrected chi connectivity index (χ3v) is 6.75. The normalized spacial score (nSPS) is 12.3. The number of thiazole rings is 1. The van der Waals surface area contributed by atoms with Gasteiger partial charge in [0.25, 0.3) is 5.56 Å². The zero-order valence-corrected chi connectivity index (χ0v) is 18.5. The van der Waals surface area contributed by atoms with Crippen molar-refractivity contribution >= 4 is 34.0 Å². The van der Waals surface area contributed by atoms with Crippen LogP contribution in [0.5, 0.6) is 0 Å². The van der Waals surface area contributed by atoms with Crippen molar-refractivity contribution < 1.29 is 4.79 Å². The first-order valence-corrected chi connectivity index (χ1v) is 11.2. The van der Waals surface area contributed by atoms with E-state index in [1.807, 2.05) is 19.2 Å². The zero-order valence-electron chi connectivity index (χ0n) is 16.8. The van der Waals surface area contributed by atoms with Crippen molar-refractivity contribution in [3.63, 3.8) is 0 Å². The molecule has 1 aromatic carbocycles. The second-order valence-electron chi connectivity index (χ2n) is 7.16. The Bertz CT molecular complexity index is 1090. The Balaban J connectivity index is 1.57. The summed E-state index contributed by atoms with van der Waals surface area (Å²) in [6.07, 6.45) is 0. The molecule has 5 nitrogen and oxygen atoms in total. The molecule has 148 valence electrons. The molecule has 0 fully saturated rings. The number of carbonyl (C=O) groups is 1. The number of aryl methyl sites for hydroxylation is 4. The van der Waals surface area contributed by atoms with Gasteiger partial charge in [0.15, 0.2) is 4.96 Å². The maximum Gasteiger partial charge on any atom is 0.258 e. The predicted octanol–water partition coefficient (Wildman–Crippen LogP) is 4.10. The lowest BCUT2D eigenvalue weighted by Gasteiger charge is -2.18. The van der Waals surface area contributed by atoms with Crippen LogP contribution >= 0.6 is 23.1 Å². The minimum Gasteiger partial charge on any atom is -0.349 e. The lowest BCUT2D eigenvalue weighted by molar-refractivity contribution is -0.119. The Morgan fingerprint density at radius 3 is 2.64 bits per heavy atom. The standard InChI is InChI=1S/C21H25N3O2S2/c1-12-6-14(3)18(7-13(12)2)16(5)22-19(25)11-27-10-17-8-20(26)24-15(4)9-28-21(24)23-17/h6-9,16H,10-11H2,1-5H3,(H,22,25). The highest BCUT2D eigenvalue weighted by Gasteiger charge is 2.13. The molecule has 0 spiro atoms. The largest absolute Gasteiger partial charge is 0.349 e. The smallest absolute Gasteiger partial charge is 0.258 e. The SMILES string of the molecule is Cc1cc(C)c(C(C)NC(=O)CSCc2cc(=O)n3c(C)csc3n2)cc1C. The van der Waals surface area contributed by atoms with Crippen LogP contribution in [0.15, 0.2) is 28.4 Å². The Hall–Kier alpha value is -2.12. The highest BCUT2D eigenvalue weighted by Crippen LogP contribution is 2.22. The fraction of sp³-hybridized carbons (Fsp3) is 0.381. The molecule has 2 aromatic heterocycles. The molecule has 1 amide bonds. The van der Waals surface area contributed by atoms with E-state index in [4.69, 9.17) is 0 Å². The van der Waals surface area contributed by atoms with E-state index in [1.165, 1.54) is 39.8 Å². The minimum atomic E-state index is -0.0670. The summed E-state index contributed by atoms with van der Waals surface area (Å²) < 4.78 is 1.61. The fourth-order valence-corrected chi connectivity index (χ4v) is 4.85. The number of rotatable bonds is 6. The van der Waals surface area contributed by atoms with Crippen molar-refractivity contribution in [1.29, 1.82) is 0 Å². The zero-order chi connectivity index (χ0) is 20.4. The predicted molar refractivity (Wildman–Crippen MR) is 117 cm³/mol. The molecule has 0 bridgehead atoms. The van der Waals surface area contributed by atoms with Gasteiger partial charge in [-0.15, -0.1) is 23.1 Å². The molecule has 0 radical (unpaired) electrons. The molecular formula is C21H25N3O2S2. The van der Waals surface area contributed by atoms with Crippen molar-refractivity contribution in [2.24, 2.45) is 0 Å².